The van der Waals surface area contributed by atoms with Crippen molar-refractivity contribution in [1.82, 2.24) is 4.98 Å². The highest BCUT2D eigenvalue weighted by Crippen LogP contribution is 2.33. The van der Waals surface area contributed by atoms with Crippen LogP contribution in [0.1, 0.15) is 30.2 Å². The van der Waals surface area contributed by atoms with Crippen LogP contribution in [-0.2, 0) is 9.84 Å². The molecule has 1 fully saturated rings. The number of nitrogens with zero attached hydrogens (tertiary/aromatic N) is 1. The van der Waals surface area contributed by atoms with Crippen molar-refractivity contribution in [2.24, 2.45) is 0 Å². The van der Waals surface area contributed by atoms with Crippen molar-refractivity contribution in [2.75, 3.05) is 5.75 Å². The lowest BCUT2D eigenvalue weighted by molar-refractivity contribution is 0.523. The first kappa shape index (κ1) is 10.2. The Morgan fingerprint density at radius 1 is 1.50 bits per heavy atom. The van der Waals surface area contributed by atoms with E-state index in [1.807, 2.05) is 0 Å². The molecular formula is C8H10BrNO3S. The smallest absolute Gasteiger partial charge is 0.264 e. The fraction of sp³-hybridized carbons (Fsp3) is 0.625. The van der Waals surface area contributed by atoms with E-state index in [1.165, 1.54) is 6.26 Å². The quantitative estimate of drug-likeness (QED) is 0.790. The molecule has 0 amide bonds. The van der Waals surface area contributed by atoms with Crippen LogP contribution in [0.5, 0.6) is 0 Å². The number of hydrogen-bond acceptors (Lipinski definition) is 4. The van der Waals surface area contributed by atoms with Gasteiger partial charge in [0.15, 0.2) is 9.84 Å². The minimum Gasteiger partial charge on any atom is -0.439 e. The maximum absolute atomic E-state index is 11.7. The number of rotatable bonds is 1. The second-order valence-corrected chi connectivity index (χ2v) is 6.36. The van der Waals surface area contributed by atoms with E-state index in [-0.39, 0.29) is 5.75 Å². The van der Waals surface area contributed by atoms with Crippen molar-refractivity contribution in [3.8, 4) is 0 Å². The fourth-order valence-electron chi connectivity index (χ4n) is 1.70. The third-order valence-corrected chi connectivity index (χ3v) is 4.97. The van der Waals surface area contributed by atoms with E-state index >= 15 is 0 Å². The molecule has 0 radical (unpaired) electrons. The van der Waals surface area contributed by atoms with Crippen molar-refractivity contribution in [2.45, 2.75) is 24.5 Å². The molecule has 4 nitrogen and oxygen atoms in total. The van der Waals surface area contributed by atoms with Gasteiger partial charge in [0, 0.05) is 15.9 Å². The normalized spacial score (nSPS) is 26.2. The van der Waals surface area contributed by atoms with Crippen LogP contribution in [0.4, 0.5) is 0 Å². The van der Waals surface area contributed by atoms with Gasteiger partial charge in [-0.2, -0.15) is 0 Å². The van der Waals surface area contributed by atoms with E-state index in [1.54, 1.807) is 0 Å². The van der Waals surface area contributed by atoms with Gasteiger partial charge in [0.1, 0.15) is 11.5 Å². The van der Waals surface area contributed by atoms with E-state index in [4.69, 9.17) is 4.42 Å². The summed E-state index contributed by atoms with van der Waals surface area (Å²) in [6.45, 7) is 0. The van der Waals surface area contributed by atoms with Crippen LogP contribution in [0.25, 0.3) is 0 Å². The van der Waals surface area contributed by atoms with E-state index in [9.17, 15) is 8.42 Å². The summed E-state index contributed by atoms with van der Waals surface area (Å²) < 4.78 is 28.3. The zero-order valence-electron chi connectivity index (χ0n) is 7.44. The maximum Gasteiger partial charge on any atom is 0.264 e. The zero-order chi connectivity index (χ0) is 10.2. The molecule has 2 heterocycles. The molecule has 0 aromatic carbocycles. The number of oxazole rings is 1. The highest BCUT2D eigenvalue weighted by Gasteiger charge is 2.32. The summed E-state index contributed by atoms with van der Waals surface area (Å²) in [6, 6.07) is 0. The largest absolute Gasteiger partial charge is 0.439 e. The molecular weight excluding hydrogens is 270 g/mol. The predicted molar refractivity (Wildman–Crippen MR) is 54.6 cm³/mol. The van der Waals surface area contributed by atoms with Crippen molar-refractivity contribution in [1.29, 1.82) is 0 Å². The van der Waals surface area contributed by atoms with Gasteiger partial charge in [-0.15, -0.1) is 0 Å². The number of hydrogen-bond donors (Lipinski definition) is 0. The Balaban J connectivity index is 2.33. The van der Waals surface area contributed by atoms with Crippen molar-refractivity contribution in [3.63, 3.8) is 0 Å². The van der Waals surface area contributed by atoms with Crippen molar-refractivity contribution >= 4 is 25.8 Å². The van der Waals surface area contributed by atoms with E-state index in [2.05, 4.69) is 20.9 Å². The molecule has 0 aliphatic carbocycles. The van der Waals surface area contributed by atoms with Gasteiger partial charge >= 0.3 is 0 Å². The van der Waals surface area contributed by atoms with E-state index < -0.39 is 15.1 Å². The first-order valence-electron chi connectivity index (χ1n) is 4.42. The van der Waals surface area contributed by atoms with Gasteiger partial charge in [0.05, 0.1) is 11.4 Å². The molecule has 1 aliphatic rings. The van der Waals surface area contributed by atoms with Gasteiger partial charge in [-0.25, -0.2) is 13.4 Å². The molecule has 1 unspecified atom stereocenters. The Morgan fingerprint density at radius 3 is 2.86 bits per heavy atom. The topological polar surface area (TPSA) is 60.2 Å². The Bertz CT molecular complexity index is 426. The highest BCUT2D eigenvalue weighted by molar-refractivity contribution is 9.10. The lowest BCUT2D eigenvalue weighted by Crippen LogP contribution is -2.21. The minimum absolute atomic E-state index is 0.266. The summed E-state index contributed by atoms with van der Waals surface area (Å²) in [4.78, 5) is 4.34. The van der Waals surface area contributed by atoms with Gasteiger partial charge in [-0.05, 0) is 12.8 Å². The molecule has 0 saturated carbocycles. The molecule has 0 spiro atoms. The predicted octanol–water partition coefficient (Wildman–Crippen LogP) is 2.08. The zero-order valence-corrected chi connectivity index (χ0v) is 9.84. The van der Waals surface area contributed by atoms with Gasteiger partial charge in [0.2, 0.25) is 0 Å². The summed E-state index contributed by atoms with van der Waals surface area (Å²) in [5, 5.41) is -0.466. The number of halogens is 1. The van der Waals surface area contributed by atoms with Crippen LogP contribution in [0, 0.1) is 0 Å². The Labute approximate surface area is 90.8 Å². The van der Waals surface area contributed by atoms with Gasteiger partial charge < -0.3 is 4.42 Å². The van der Waals surface area contributed by atoms with Gasteiger partial charge in [-0.1, -0.05) is 6.42 Å². The minimum atomic E-state index is -3.01. The van der Waals surface area contributed by atoms with Crippen LogP contribution in [-0.4, -0.2) is 19.2 Å². The molecule has 6 heteroatoms. The lowest BCUT2D eigenvalue weighted by atomic mass is 10.1. The second-order valence-electron chi connectivity index (χ2n) is 3.38. The molecule has 1 aliphatic heterocycles. The number of sulfone groups is 1. The van der Waals surface area contributed by atoms with Crippen LogP contribution in [0.15, 0.2) is 15.5 Å². The monoisotopic (exact) mass is 279 g/mol. The molecule has 0 bridgehead atoms. The Morgan fingerprint density at radius 2 is 2.29 bits per heavy atom. The van der Waals surface area contributed by atoms with Gasteiger partial charge in [0.25, 0.3) is 4.80 Å². The lowest BCUT2D eigenvalue weighted by Gasteiger charge is -2.19. The van der Waals surface area contributed by atoms with Crippen LogP contribution >= 0.6 is 15.9 Å². The standard InChI is InChI=1S/C8H10BrNO3S/c9-8-10-6(5-13-8)7-3-1-2-4-14(7,11)12/h5,7H,1-4H2. The number of aromatic nitrogens is 1. The maximum atomic E-state index is 11.7. The van der Waals surface area contributed by atoms with Crippen molar-refractivity contribution in [3.05, 3.63) is 16.8 Å². The van der Waals surface area contributed by atoms with Gasteiger partial charge in [-0.3, -0.25) is 0 Å². The summed E-state index contributed by atoms with van der Waals surface area (Å²) in [5.41, 5.74) is 0.525. The molecule has 2 rings (SSSR count). The molecule has 78 valence electrons. The molecule has 1 saturated heterocycles. The van der Waals surface area contributed by atoms with Crippen molar-refractivity contribution < 1.29 is 12.8 Å². The third-order valence-electron chi connectivity index (χ3n) is 2.40. The molecule has 0 N–H and O–H groups in total. The summed E-state index contributed by atoms with van der Waals surface area (Å²) in [7, 11) is -3.01. The van der Waals surface area contributed by atoms with Crippen LogP contribution < -0.4 is 0 Å². The average molecular weight is 280 g/mol. The highest BCUT2D eigenvalue weighted by atomic mass is 79.9. The van der Waals surface area contributed by atoms with Crippen LogP contribution in [0.3, 0.4) is 0 Å². The molecule has 14 heavy (non-hydrogen) atoms. The first-order chi connectivity index (χ1) is 6.59. The SMILES string of the molecule is O=S1(=O)CCCCC1c1coc(Br)n1. The fourth-order valence-corrected chi connectivity index (χ4v) is 3.89. The van der Waals surface area contributed by atoms with E-state index in [0.717, 1.165) is 12.8 Å². The second kappa shape index (κ2) is 3.66. The first-order valence-corrected chi connectivity index (χ1v) is 6.93. The molecule has 1 aromatic heterocycles. The molecule has 1 aromatic rings. The average Bonchev–Trinajstić information content (AvgIpc) is 2.51. The van der Waals surface area contributed by atoms with Crippen LogP contribution in [0.2, 0.25) is 0 Å². The summed E-state index contributed by atoms with van der Waals surface area (Å²) >= 11 is 3.06. The molecule has 1 atom stereocenters. The third kappa shape index (κ3) is 1.86. The van der Waals surface area contributed by atoms with E-state index in [0.29, 0.717) is 16.9 Å². The summed E-state index contributed by atoms with van der Waals surface area (Å²) in [5.74, 6) is 0.266. The Kier molecular flexibility index (Phi) is 2.66. The summed E-state index contributed by atoms with van der Waals surface area (Å²) in [6.07, 6.45) is 3.77. The Hall–Kier alpha value is -0.360.